The normalized spacial score (nSPS) is 10.8. The van der Waals surface area contributed by atoms with Crippen LogP contribution in [0.5, 0.6) is 0 Å². The van der Waals surface area contributed by atoms with E-state index in [1.807, 2.05) is 43.3 Å². The molecule has 0 saturated heterocycles. The monoisotopic (exact) mass is 271 g/mol. The third-order valence-corrected chi connectivity index (χ3v) is 2.80. The minimum Gasteiger partial charge on any atom is -0.449 e. The highest BCUT2D eigenvalue weighted by Gasteiger charge is 2.06. The van der Waals surface area contributed by atoms with Gasteiger partial charge in [0.25, 0.3) is 0 Å². The largest absolute Gasteiger partial charge is 0.449 e. The van der Waals surface area contributed by atoms with Gasteiger partial charge in [0.1, 0.15) is 0 Å². The maximum Gasteiger partial charge on any atom is 0.411 e. The topological polar surface area (TPSA) is 76.7 Å². The van der Waals surface area contributed by atoms with Crippen LogP contribution in [-0.4, -0.2) is 18.9 Å². The first-order chi connectivity index (χ1) is 9.74. The Morgan fingerprint density at radius 2 is 2.25 bits per heavy atom. The van der Waals surface area contributed by atoms with Crippen LogP contribution in [0, 0.1) is 0 Å². The number of carbonyl (C=O) groups excluding carboxylic acids is 1. The zero-order valence-electron chi connectivity index (χ0n) is 11.3. The van der Waals surface area contributed by atoms with E-state index in [0.717, 1.165) is 22.8 Å². The summed E-state index contributed by atoms with van der Waals surface area (Å²) in [4.78, 5) is 11.6. The third kappa shape index (κ3) is 3.26. The van der Waals surface area contributed by atoms with Crippen LogP contribution in [0.25, 0.3) is 10.8 Å². The molecule has 104 valence electrons. The van der Waals surface area contributed by atoms with Crippen molar-refractivity contribution < 1.29 is 9.53 Å². The summed E-state index contributed by atoms with van der Waals surface area (Å²) < 4.78 is 5.03. The van der Waals surface area contributed by atoms with Crippen molar-refractivity contribution in [3.05, 3.63) is 42.0 Å². The van der Waals surface area contributed by atoms with Crippen molar-refractivity contribution in [2.45, 2.75) is 13.3 Å². The maximum absolute atomic E-state index is 11.6. The molecule has 2 rings (SSSR count). The molecule has 0 bridgehead atoms. The van der Waals surface area contributed by atoms with Gasteiger partial charge in [0.15, 0.2) is 0 Å². The second-order valence-electron chi connectivity index (χ2n) is 4.33. The Bertz CT molecular complexity index is 638. The zero-order valence-corrected chi connectivity index (χ0v) is 11.3. The molecule has 0 aliphatic carbocycles. The standard InChI is InChI=1S/C15H17N3O2/c1-2-8-20-15(19)18-14-5-3-4-12-7-6-11(10-17-16)9-13(12)14/h3-7,9-10H,2,8,16H2,1H3,(H,18,19). The summed E-state index contributed by atoms with van der Waals surface area (Å²) in [6, 6.07) is 11.5. The van der Waals surface area contributed by atoms with Crippen LogP contribution in [0.4, 0.5) is 10.5 Å². The predicted molar refractivity (Wildman–Crippen MR) is 81.0 cm³/mol. The van der Waals surface area contributed by atoms with Gasteiger partial charge in [0.05, 0.1) is 18.5 Å². The number of amides is 1. The molecule has 0 atom stereocenters. The molecule has 0 spiro atoms. The molecule has 0 heterocycles. The lowest BCUT2D eigenvalue weighted by molar-refractivity contribution is 0.162. The summed E-state index contributed by atoms with van der Waals surface area (Å²) in [6.07, 6.45) is 1.91. The molecule has 0 aliphatic heterocycles. The van der Waals surface area contributed by atoms with Crippen LogP contribution in [0.2, 0.25) is 0 Å². The van der Waals surface area contributed by atoms with Gasteiger partial charge in [-0.25, -0.2) is 4.79 Å². The molecule has 5 nitrogen and oxygen atoms in total. The van der Waals surface area contributed by atoms with Crippen LogP contribution in [0.3, 0.4) is 0 Å². The smallest absolute Gasteiger partial charge is 0.411 e. The van der Waals surface area contributed by atoms with Crippen molar-refractivity contribution in [2.75, 3.05) is 11.9 Å². The molecule has 3 N–H and O–H groups in total. The number of benzene rings is 2. The number of nitrogens with one attached hydrogen (secondary N) is 1. The van der Waals surface area contributed by atoms with Gasteiger partial charge in [-0.3, -0.25) is 5.32 Å². The Hall–Kier alpha value is -2.56. The molecule has 0 fully saturated rings. The average molecular weight is 271 g/mol. The van der Waals surface area contributed by atoms with Crippen LogP contribution in [0.15, 0.2) is 41.5 Å². The number of fused-ring (bicyclic) bond motifs is 1. The van der Waals surface area contributed by atoms with Crippen LogP contribution in [-0.2, 0) is 4.74 Å². The SMILES string of the molecule is CCCOC(=O)Nc1cccc2ccc(C=NN)cc12. The summed E-state index contributed by atoms with van der Waals surface area (Å²) >= 11 is 0. The van der Waals surface area contributed by atoms with Gasteiger partial charge >= 0.3 is 6.09 Å². The zero-order chi connectivity index (χ0) is 14.4. The Morgan fingerprint density at radius 3 is 3.00 bits per heavy atom. The molecule has 1 amide bonds. The number of ether oxygens (including phenoxy) is 1. The molecule has 2 aromatic rings. The number of carbonyl (C=O) groups is 1. The third-order valence-electron chi connectivity index (χ3n) is 2.80. The van der Waals surface area contributed by atoms with Crippen molar-refractivity contribution in [1.82, 2.24) is 0 Å². The Labute approximate surface area is 117 Å². The fraction of sp³-hybridized carbons (Fsp3) is 0.200. The summed E-state index contributed by atoms with van der Waals surface area (Å²) in [6.45, 7) is 2.35. The minimum absolute atomic E-state index is 0.404. The van der Waals surface area contributed by atoms with E-state index in [-0.39, 0.29) is 0 Å². The fourth-order valence-corrected chi connectivity index (χ4v) is 1.91. The lowest BCUT2D eigenvalue weighted by Crippen LogP contribution is -2.14. The van der Waals surface area contributed by atoms with Crippen LogP contribution >= 0.6 is 0 Å². The molecule has 0 aliphatic rings. The predicted octanol–water partition coefficient (Wildman–Crippen LogP) is 3.09. The second kappa shape index (κ2) is 6.56. The molecular weight excluding hydrogens is 254 g/mol. The van der Waals surface area contributed by atoms with E-state index in [1.54, 1.807) is 6.21 Å². The molecule has 0 saturated carbocycles. The van der Waals surface area contributed by atoms with E-state index in [9.17, 15) is 4.79 Å². The van der Waals surface area contributed by atoms with Gasteiger partial charge in [-0.2, -0.15) is 5.10 Å². The van der Waals surface area contributed by atoms with E-state index >= 15 is 0 Å². The van der Waals surface area contributed by atoms with Crippen LogP contribution in [0.1, 0.15) is 18.9 Å². The Morgan fingerprint density at radius 1 is 1.40 bits per heavy atom. The van der Waals surface area contributed by atoms with E-state index in [2.05, 4.69) is 10.4 Å². The van der Waals surface area contributed by atoms with Gasteiger partial charge < -0.3 is 10.6 Å². The number of hydrogen-bond donors (Lipinski definition) is 2. The second-order valence-corrected chi connectivity index (χ2v) is 4.33. The first kappa shape index (κ1) is 13.9. The van der Waals surface area contributed by atoms with E-state index in [1.165, 1.54) is 0 Å². The summed E-state index contributed by atoms with van der Waals surface area (Å²) in [5.74, 6) is 5.16. The van der Waals surface area contributed by atoms with Crippen molar-refractivity contribution in [1.29, 1.82) is 0 Å². The minimum atomic E-state index is -0.447. The van der Waals surface area contributed by atoms with E-state index < -0.39 is 6.09 Å². The highest BCUT2D eigenvalue weighted by atomic mass is 16.5. The van der Waals surface area contributed by atoms with Crippen LogP contribution < -0.4 is 11.2 Å². The van der Waals surface area contributed by atoms with Crippen molar-refractivity contribution in [3.8, 4) is 0 Å². The molecule has 0 radical (unpaired) electrons. The lowest BCUT2D eigenvalue weighted by Gasteiger charge is -2.09. The number of anilines is 1. The number of rotatable bonds is 4. The Kier molecular flexibility index (Phi) is 4.55. The van der Waals surface area contributed by atoms with Gasteiger partial charge in [-0.05, 0) is 29.5 Å². The van der Waals surface area contributed by atoms with Gasteiger partial charge in [-0.15, -0.1) is 0 Å². The highest BCUT2D eigenvalue weighted by Crippen LogP contribution is 2.24. The van der Waals surface area contributed by atoms with Gasteiger partial charge in [0.2, 0.25) is 0 Å². The lowest BCUT2D eigenvalue weighted by atomic mass is 10.1. The van der Waals surface area contributed by atoms with Crippen molar-refractivity contribution in [2.24, 2.45) is 10.9 Å². The Balaban J connectivity index is 2.32. The van der Waals surface area contributed by atoms with E-state index in [0.29, 0.717) is 12.3 Å². The molecule has 0 aromatic heterocycles. The maximum atomic E-state index is 11.6. The molecule has 2 aromatic carbocycles. The van der Waals surface area contributed by atoms with E-state index in [4.69, 9.17) is 10.6 Å². The van der Waals surface area contributed by atoms with Gasteiger partial charge in [-0.1, -0.05) is 31.2 Å². The fourth-order valence-electron chi connectivity index (χ4n) is 1.91. The number of hydrazone groups is 1. The first-order valence-corrected chi connectivity index (χ1v) is 6.44. The quantitative estimate of drug-likeness (QED) is 0.509. The summed E-state index contributed by atoms with van der Waals surface area (Å²) in [7, 11) is 0. The average Bonchev–Trinajstić information content (AvgIpc) is 2.46. The highest BCUT2D eigenvalue weighted by molar-refractivity contribution is 6.02. The first-order valence-electron chi connectivity index (χ1n) is 6.44. The molecule has 0 unspecified atom stereocenters. The molecule has 5 heteroatoms. The molecule has 20 heavy (non-hydrogen) atoms. The summed E-state index contributed by atoms with van der Waals surface area (Å²) in [5.41, 5.74) is 1.58. The van der Waals surface area contributed by atoms with Crippen molar-refractivity contribution in [3.63, 3.8) is 0 Å². The summed E-state index contributed by atoms with van der Waals surface area (Å²) in [5, 5.41) is 8.19. The van der Waals surface area contributed by atoms with Gasteiger partial charge in [0, 0.05) is 5.39 Å². The number of hydrogen-bond acceptors (Lipinski definition) is 4. The molecular formula is C15H17N3O2. The number of nitrogens with zero attached hydrogens (tertiary/aromatic N) is 1. The number of nitrogens with two attached hydrogens (primary N) is 1. The van der Waals surface area contributed by atoms with Crippen molar-refractivity contribution >= 4 is 28.8 Å².